The lowest BCUT2D eigenvalue weighted by molar-refractivity contribution is -0.121. The first-order chi connectivity index (χ1) is 13.7. The SMILES string of the molecule is COc1cccc(-c2ccc(NC(=O)C3CCCN3C3CCSCC3)cc2)c1. The lowest BCUT2D eigenvalue weighted by Gasteiger charge is -2.34. The van der Waals surface area contributed by atoms with Crippen LogP contribution in [0.1, 0.15) is 25.7 Å². The zero-order valence-corrected chi connectivity index (χ0v) is 17.2. The van der Waals surface area contributed by atoms with Gasteiger partial charge in [-0.15, -0.1) is 0 Å². The summed E-state index contributed by atoms with van der Waals surface area (Å²) in [7, 11) is 1.68. The highest BCUT2D eigenvalue weighted by Crippen LogP contribution is 2.30. The Hall–Kier alpha value is -1.98. The molecule has 0 aliphatic carbocycles. The number of likely N-dealkylation sites (tertiary alicyclic amines) is 1. The smallest absolute Gasteiger partial charge is 0.241 e. The number of anilines is 1. The van der Waals surface area contributed by atoms with E-state index in [4.69, 9.17) is 4.74 Å². The van der Waals surface area contributed by atoms with Crippen LogP contribution in [-0.4, -0.2) is 48.1 Å². The molecule has 1 atom stereocenters. The number of rotatable bonds is 5. The highest BCUT2D eigenvalue weighted by Gasteiger charge is 2.35. The zero-order valence-electron chi connectivity index (χ0n) is 16.4. The Morgan fingerprint density at radius 1 is 1.07 bits per heavy atom. The van der Waals surface area contributed by atoms with Gasteiger partial charge in [-0.2, -0.15) is 11.8 Å². The molecule has 2 saturated heterocycles. The minimum atomic E-state index is 0.0196. The normalized spacial score (nSPS) is 20.8. The second-order valence-electron chi connectivity index (χ2n) is 7.54. The summed E-state index contributed by atoms with van der Waals surface area (Å²) in [5, 5.41) is 3.14. The van der Waals surface area contributed by atoms with Gasteiger partial charge in [0.15, 0.2) is 0 Å². The maximum atomic E-state index is 12.9. The Kier molecular flexibility index (Phi) is 6.23. The molecule has 148 valence electrons. The van der Waals surface area contributed by atoms with Crippen molar-refractivity contribution < 1.29 is 9.53 Å². The number of hydrogen-bond acceptors (Lipinski definition) is 4. The summed E-state index contributed by atoms with van der Waals surface area (Å²) >= 11 is 2.04. The molecule has 0 bridgehead atoms. The van der Waals surface area contributed by atoms with E-state index in [0.717, 1.165) is 42.0 Å². The van der Waals surface area contributed by atoms with Crippen LogP contribution in [0.5, 0.6) is 5.75 Å². The Labute approximate surface area is 171 Å². The number of hydrogen-bond donors (Lipinski definition) is 1. The number of carbonyl (C=O) groups is 1. The summed E-state index contributed by atoms with van der Waals surface area (Å²) in [4.78, 5) is 15.4. The Morgan fingerprint density at radius 3 is 2.61 bits per heavy atom. The van der Waals surface area contributed by atoms with E-state index in [2.05, 4.69) is 28.4 Å². The number of benzene rings is 2. The summed E-state index contributed by atoms with van der Waals surface area (Å²) in [6.07, 6.45) is 4.52. The van der Waals surface area contributed by atoms with Gasteiger partial charge in [-0.1, -0.05) is 24.3 Å². The molecule has 2 aromatic carbocycles. The molecule has 28 heavy (non-hydrogen) atoms. The van der Waals surface area contributed by atoms with Gasteiger partial charge in [0.05, 0.1) is 13.2 Å². The fourth-order valence-electron chi connectivity index (χ4n) is 4.30. The summed E-state index contributed by atoms with van der Waals surface area (Å²) in [5.41, 5.74) is 3.08. The van der Waals surface area contributed by atoms with E-state index in [1.54, 1.807) is 7.11 Å². The van der Waals surface area contributed by atoms with Crippen LogP contribution in [0.2, 0.25) is 0 Å². The predicted molar refractivity (Wildman–Crippen MR) is 117 cm³/mol. The van der Waals surface area contributed by atoms with Crippen molar-refractivity contribution in [3.8, 4) is 16.9 Å². The molecule has 1 N–H and O–H groups in total. The fraction of sp³-hybridized carbons (Fsp3) is 0.435. The summed E-state index contributed by atoms with van der Waals surface area (Å²) < 4.78 is 5.31. The van der Waals surface area contributed by atoms with Crippen LogP contribution in [0.3, 0.4) is 0 Å². The third-order valence-electron chi connectivity index (χ3n) is 5.81. The van der Waals surface area contributed by atoms with Crippen LogP contribution in [0.4, 0.5) is 5.69 Å². The summed E-state index contributed by atoms with van der Waals surface area (Å²) in [6.45, 7) is 1.06. The van der Waals surface area contributed by atoms with Crippen molar-refractivity contribution in [2.24, 2.45) is 0 Å². The molecular formula is C23H28N2O2S. The lowest BCUT2D eigenvalue weighted by Crippen LogP contribution is -2.46. The van der Waals surface area contributed by atoms with Crippen LogP contribution in [0.25, 0.3) is 11.1 Å². The van der Waals surface area contributed by atoms with Gasteiger partial charge in [-0.25, -0.2) is 0 Å². The Morgan fingerprint density at radius 2 is 1.86 bits per heavy atom. The molecule has 2 fully saturated rings. The van der Waals surface area contributed by atoms with Crippen LogP contribution < -0.4 is 10.1 Å². The van der Waals surface area contributed by atoms with Crippen LogP contribution in [0, 0.1) is 0 Å². The van der Waals surface area contributed by atoms with Gasteiger partial charge in [0.1, 0.15) is 5.75 Å². The minimum Gasteiger partial charge on any atom is -0.497 e. The number of carbonyl (C=O) groups excluding carboxylic acids is 1. The fourth-order valence-corrected chi connectivity index (χ4v) is 5.38. The predicted octanol–water partition coefficient (Wildman–Crippen LogP) is 4.66. The highest BCUT2D eigenvalue weighted by molar-refractivity contribution is 7.99. The van der Waals surface area contributed by atoms with Gasteiger partial charge in [0.25, 0.3) is 0 Å². The molecule has 2 aliphatic heterocycles. The number of nitrogens with zero attached hydrogens (tertiary/aromatic N) is 1. The van der Waals surface area contributed by atoms with Gasteiger partial charge < -0.3 is 10.1 Å². The Bertz CT molecular complexity index is 803. The van der Waals surface area contributed by atoms with Crippen molar-refractivity contribution in [1.82, 2.24) is 4.90 Å². The average Bonchev–Trinajstić information content (AvgIpc) is 3.25. The van der Waals surface area contributed by atoms with Crippen LogP contribution in [-0.2, 0) is 4.79 Å². The average molecular weight is 397 g/mol. The van der Waals surface area contributed by atoms with E-state index in [0.29, 0.717) is 6.04 Å². The van der Waals surface area contributed by atoms with Crippen molar-refractivity contribution in [1.29, 1.82) is 0 Å². The number of thioether (sulfide) groups is 1. The van der Waals surface area contributed by atoms with Crippen molar-refractivity contribution in [3.63, 3.8) is 0 Å². The maximum Gasteiger partial charge on any atom is 0.241 e. The molecule has 0 spiro atoms. The molecule has 1 amide bonds. The summed E-state index contributed by atoms with van der Waals surface area (Å²) in [5.74, 6) is 3.44. The largest absolute Gasteiger partial charge is 0.497 e. The van der Waals surface area contributed by atoms with Crippen molar-refractivity contribution in [3.05, 3.63) is 48.5 Å². The van der Waals surface area contributed by atoms with E-state index in [1.807, 2.05) is 42.1 Å². The molecule has 5 heteroatoms. The first-order valence-electron chi connectivity index (χ1n) is 10.1. The highest BCUT2D eigenvalue weighted by atomic mass is 32.2. The van der Waals surface area contributed by atoms with Crippen LogP contribution in [0.15, 0.2) is 48.5 Å². The molecule has 4 rings (SSSR count). The molecule has 0 aromatic heterocycles. The number of nitrogens with one attached hydrogen (secondary N) is 1. The van der Waals surface area contributed by atoms with Gasteiger partial charge in [-0.05, 0) is 79.1 Å². The Balaban J connectivity index is 1.41. The quantitative estimate of drug-likeness (QED) is 0.798. The maximum absolute atomic E-state index is 12.9. The zero-order chi connectivity index (χ0) is 19.3. The van der Waals surface area contributed by atoms with E-state index < -0.39 is 0 Å². The second kappa shape index (κ2) is 9.01. The lowest BCUT2D eigenvalue weighted by atomic mass is 10.0. The van der Waals surface area contributed by atoms with Crippen molar-refractivity contribution in [2.45, 2.75) is 37.8 Å². The van der Waals surface area contributed by atoms with E-state index in [-0.39, 0.29) is 11.9 Å². The first kappa shape index (κ1) is 19.3. The molecule has 0 radical (unpaired) electrons. The van der Waals surface area contributed by atoms with Gasteiger partial charge in [0.2, 0.25) is 5.91 Å². The van der Waals surface area contributed by atoms with Gasteiger partial charge in [0, 0.05) is 11.7 Å². The standard InChI is InChI=1S/C23H28N2O2S/c1-27-21-5-2-4-18(16-21)17-7-9-19(10-8-17)24-23(26)22-6-3-13-25(22)20-11-14-28-15-12-20/h2,4-5,7-10,16,20,22H,3,6,11-15H2,1H3,(H,24,26). The topological polar surface area (TPSA) is 41.6 Å². The molecule has 2 heterocycles. The van der Waals surface area contributed by atoms with Crippen LogP contribution >= 0.6 is 11.8 Å². The monoisotopic (exact) mass is 396 g/mol. The molecule has 4 nitrogen and oxygen atoms in total. The number of ether oxygens (including phenoxy) is 1. The van der Waals surface area contributed by atoms with Crippen molar-refractivity contribution >= 4 is 23.4 Å². The van der Waals surface area contributed by atoms with E-state index >= 15 is 0 Å². The first-order valence-corrected chi connectivity index (χ1v) is 11.3. The third kappa shape index (κ3) is 4.36. The molecular weight excluding hydrogens is 368 g/mol. The van der Waals surface area contributed by atoms with Gasteiger partial charge >= 0.3 is 0 Å². The number of amides is 1. The third-order valence-corrected chi connectivity index (χ3v) is 6.86. The summed E-state index contributed by atoms with van der Waals surface area (Å²) in [6, 6.07) is 16.7. The molecule has 0 saturated carbocycles. The minimum absolute atomic E-state index is 0.0196. The molecule has 2 aromatic rings. The molecule has 1 unspecified atom stereocenters. The van der Waals surface area contributed by atoms with Crippen molar-refractivity contribution in [2.75, 3.05) is 30.5 Å². The van der Waals surface area contributed by atoms with E-state index in [1.165, 1.54) is 24.3 Å². The van der Waals surface area contributed by atoms with Gasteiger partial charge in [-0.3, -0.25) is 9.69 Å². The number of methoxy groups -OCH3 is 1. The van der Waals surface area contributed by atoms with E-state index in [9.17, 15) is 4.79 Å². The molecule has 2 aliphatic rings. The second-order valence-corrected chi connectivity index (χ2v) is 8.76.